The summed E-state index contributed by atoms with van der Waals surface area (Å²) in [5.41, 5.74) is -28.5. The molecule has 2 nitrogen and oxygen atoms in total. The van der Waals surface area contributed by atoms with E-state index < -0.39 is 202 Å². The highest BCUT2D eigenvalue weighted by atomic mass is 32.1. The average Bonchev–Trinajstić information content (AvgIpc) is 3.66. The molecule has 0 radical (unpaired) electrons. The van der Waals surface area contributed by atoms with E-state index in [1.165, 1.54) is 16.1 Å². The maximum atomic E-state index is 14.2. The molecule has 0 saturated heterocycles. The van der Waals surface area contributed by atoms with Gasteiger partial charge in [-0.05, 0) is 24.3 Å². The molecule has 65 heavy (non-hydrogen) atoms. The SMILES string of the molecule is FC(F)(F)c1cc([B-](c2cc(C(F)(F)F)cc(C(F)(F)F)c2)(c2cc(C(F)(F)F)cc(C(F)(F)F)c2)c2cc(C(F)(F)F)cc(C(F)(F)F)c2)cc(C(F)(F)F)c1.FCO[n+]1ccsc1. The normalized spacial score (nSPS) is 13.7. The van der Waals surface area contributed by atoms with E-state index in [1.807, 2.05) is 0 Å². The minimum Gasteiger partial charge on any atom is -0.237 e. The second kappa shape index (κ2) is 17.4. The van der Waals surface area contributed by atoms with Crippen molar-refractivity contribution in [2.24, 2.45) is 0 Å². The quantitative estimate of drug-likeness (QED) is 0.0939. The van der Waals surface area contributed by atoms with Crippen molar-refractivity contribution in [3.8, 4) is 0 Å². The summed E-state index contributed by atoms with van der Waals surface area (Å²) < 4.78 is 353. The van der Waals surface area contributed by atoms with Gasteiger partial charge in [0.15, 0.2) is 0 Å². The van der Waals surface area contributed by atoms with E-state index in [4.69, 9.17) is 0 Å². The predicted molar refractivity (Wildman–Crippen MR) is 177 cm³/mol. The third kappa shape index (κ3) is 12.1. The number of benzene rings is 4. The number of nitrogens with zero attached hydrogens (tertiary/aromatic N) is 1. The molecule has 0 aliphatic heterocycles. The molecule has 0 bridgehead atoms. The fourth-order valence-corrected chi connectivity index (χ4v) is 6.94. The fraction of sp³-hybridized carbons (Fsp3) is 0.250. The molecule has 29 heteroatoms. The molecule has 0 saturated carbocycles. The van der Waals surface area contributed by atoms with Crippen molar-refractivity contribution < 1.29 is 119 Å². The van der Waals surface area contributed by atoms with Gasteiger partial charge in [0.1, 0.15) is 6.15 Å². The van der Waals surface area contributed by atoms with Crippen LogP contribution in [0, 0.1) is 0 Å². The largest absolute Gasteiger partial charge is 0.416 e. The molecule has 0 amide bonds. The van der Waals surface area contributed by atoms with Crippen molar-refractivity contribution in [1.29, 1.82) is 0 Å². The molecule has 0 atom stereocenters. The van der Waals surface area contributed by atoms with Crippen molar-refractivity contribution in [3.05, 3.63) is 134 Å². The van der Waals surface area contributed by atoms with E-state index in [0.29, 0.717) is 0 Å². The summed E-state index contributed by atoms with van der Waals surface area (Å²) in [7, 11) is 0. The first-order valence-corrected chi connectivity index (χ1v) is 17.6. The Morgan fingerprint density at radius 1 is 0.354 bits per heavy atom. The van der Waals surface area contributed by atoms with Gasteiger partial charge in [-0.3, -0.25) is 0 Å². The molecule has 5 aromatic rings. The summed E-state index contributed by atoms with van der Waals surface area (Å²) in [5.74, 6) is 0. The van der Waals surface area contributed by atoms with Crippen LogP contribution in [-0.2, 0) is 49.4 Å². The number of hydrogen-bond donors (Lipinski definition) is 0. The van der Waals surface area contributed by atoms with E-state index in [2.05, 4.69) is 4.84 Å². The van der Waals surface area contributed by atoms with Crippen LogP contribution in [-0.4, -0.2) is 13.0 Å². The smallest absolute Gasteiger partial charge is 0.237 e. The van der Waals surface area contributed by atoms with Gasteiger partial charge in [0.25, 0.3) is 12.4 Å². The van der Waals surface area contributed by atoms with Crippen molar-refractivity contribution in [3.63, 3.8) is 0 Å². The van der Waals surface area contributed by atoms with E-state index in [1.54, 1.807) is 17.1 Å². The monoisotopic (exact) mass is 997 g/mol. The first-order valence-electron chi connectivity index (χ1n) is 16.7. The summed E-state index contributed by atoms with van der Waals surface area (Å²) in [4.78, 5) is 4.41. The van der Waals surface area contributed by atoms with Gasteiger partial charge in [0.05, 0.1) is 49.9 Å². The van der Waals surface area contributed by atoms with Crippen LogP contribution in [0.15, 0.2) is 89.9 Å². The Kier molecular flexibility index (Phi) is 14.0. The van der Waals surface area contributed by atoms with Crippen LogP contribution in [0.4, 0.5) is 110 Å². The Bertz CT molecular complexity index is 2020. The minimum absolute atomic E-state index is 0.691. The second-order valence-electron chi connectivity index (χ2n) is 13.3. The zero-order valence-electron chi connectivity index (χ0n) is 30.7. The van der Waals surface area contributed by atoms with Crippen LogP contribution < -0.4 is 31.4 Å². The van der Waals surface area contributed by atoms with Crippen LogP contribution >= 0.6 is 11.3 Å². The van der Waals surface area contributed by atoms with Crippen molar-refractivity contribution in [2.75, 3.05) is 6.86 Å². The Hall–Kier alpha value is -5.38. The lowest BCUT2D eigenvalue weighted by molar-refractivity contribution is -0.891. The Balaban J connectivity index is 0.00000104. The molecule has 4 aromatic carbocycles. The standard InChI is InChI=1S/C32H12BF24.C4H5FNOS/c34-25(35,36)13-1-14(26(37,38)39)6-21(5-13)33(22-7-15(27(40,41)42)2-16(8-22)28(43,44)45,23-9-17(29(46,47)48)3-18(10-23)30(49,50)51)24-11-19(31(52,53)54)4-20(12-24)32(55,56)57;5-3-7-6-1-2-8-4-6/h1-12H;1-2,4H,3H2/q-1;+1. The van der Waals surface area contributed by atoms with Crippen molar-refractivity contribution in [2.45, 2.75) is 49.4 Å². The average molecular weight is 997 g/mol. The van der Waals surface area contributed by atoms with E-state index in [-0.39, 0.29) is 0 Å². The Morgan fingerprint density at radius 3 is 0.692 bits per heavy atom. The molecular weight excluding hydrogens is 980 g/mol. The number of hydrogen-bond acceptors (Lipinski definition) is 2. The first kappa shape index (κ1) is 52.3. The molecule has 0 unspecified atom stereocenters. The highest BCUT2D eigenvalue weighted by Crippen LogP contribution is 2.41. The molecule has 0 aliphatic rings. The molecule has 0 aliphatic carbocycles. The van der Waals surface area contributed by atoms with Crippen molar-refractivity contribution in [1.82, 2.24) is 0 Å². The van der Waals surface area contributed by atoms with Gasteiger partial charge in [-0.2, -0.15) is 132 Å². The highest BCUT2D eigenvalue weighted by Gasteiger charge is 2.47. The Morgan fingerprint density at radius 2 is 0.554 bits per heavy atom. The van der Waals surface area contributed by atoms with E-state index >= 15 is 0 Å². The Labute approximate surface area is 349 Å². The van der Waals surface area contributed by atoms with Gasteiger partial charge < -0.3 is 0 Å². The number of alkyl halides is 25. The molecule has 1 heterocycles. The van der Waals surface area contributed by atoms with Crippen LogP contribution in [0.3, 0.4) is 0 Å². The van der Waals surface area contributed by atoms with Gasteiger partial charge in [0, 0.05) is 4.73 Å². The molecule has 5 rings (SSSR count). The van der Waals surface area contributed by atoms with Gasteiger partial charge in [-0.15, -0.1) is 0 Å². The van der Waals surface area contributed by atoms with Crippen LogP contribution in [0.2, 0.25) is 0 Å². The summed E-state index contributed by atoms with van der Waals surface area (Å²) in [5, 5.41) is 1.80. The summed E-state index contributed by atoms with van der Waals surface area (Å²) in [6, 6.07) is -8.81. The predicted octanol–water partition coefficient (Wildman–Crippen LogP) is 11.6. The molecule has 0 spiro atoms. The van der Waals surface area contributed by atoms with Crippen LogP contribution in [0.1, 0.15) is 44.5 Å². The first-order chi connectivity index (χ1) is 29.2. The number of aromatic nitrogens is 1. The third-order valence-electron chi connectivity index (χ3n) is 9.09. The molecule has 356 valence electrons. The van der Waals surface area contributed by atoms with Crippen LogP contribution in [0.25, 0.3) is 0 Å². The molecular formula is C36H17BF25NOS. The topological polar surface area (TPSA) is 13.1 Å². The van der Waals surface area contributed by atoms with Gasteiger partial charge in [-0.1, -0.05) is 59.9 Å². The molecule has 0 fully saturated rings. The minimum atomic E-state index is -6.13. The lowest BCUT2D eigenvalue weighted by Gasteiger charge is -2.46. The maximum absolute atomic E-state index is 14.2. The summed E-state index contributed by atoms with van der Waals surface area (Å²) in [6.07, 6.45) is -53.2. The summed E-state index contributed by atoms with van der Waals surface area (Å²) in [6.45, 7) is -0.776. The maximum Gasteiger partial charge on any atom is 0.416 e. The fourth-order valence-electron chi connectivity index (χ4n) is 6.43. The number of rotatable bonds is 6. The van der Waals surface area contributed by atoms with Crippen molar-refractivity contribution >= 4 is 39.3 Å². The summed E-state index contributed by atoms with van der Waals surface area (Å²) >= 11 is 1.45. The highest BCUT2D eigenvalue weighted by molar-refractivity contribution is 7.20. The zero-order valence-corrected chi connectivity index (χ0v) is 31.5. The van der Waals surface area contributed by atoms with Gasteiger partial charge in [0.2, 0.25) is 6.20 Å². The zero-order chi connectivity index (χ0) is 49.7. The number of halogens is 25. The van der Waals surface area contributed by atoms with E-state index in [9.17, 15) is 110 Å². The second-order valence-corrected chi connectivity index (χ2v) is 14.1. The lowest BCUT2D eigenvalue weighted by Crippen LogP contribution is -2.75. The number of thiazole rings is 1. The van der Waals surface area contributed by atoms with Crippen LogP contribution in [0.5, 0.6) is 0 Å². The third-order valence-corrected chi connectivity index (χ3v) is 9.70. The van der Waals surface area contributed by atoms with E-state index in [0.717, 1.165) is 0 Å². The molecule has 0 N–H and O–H groups in total. The molecule has 1 aromatic heterocycles. The van der Waals surface area contributed by atoms with Gasteiger partial charge in [-0.25, -0.2) is 4.84 Å². The van der Waals surface area contributed by atoms with Gasteiger partial charge >= 0.3 is 49.4 Å². The lowest BCUT2D eigenvalue weighted by atomic mass is 9.12.